The van der Waals surface area contributed by atoms with E-state index in [1.165, 1.54) is 76.7 Å². The number of rotatable bonds is 15. The van der Waals surface area contributed by atoms with Crippen molar-refractivity contribution in [1.29, 1.82) is 0 Å². The van der Waals surface area contributed by atoms with Gasteiger partial charge in [0, 0.05) is 11.8 Å². The molecule has 1 aromatic heterocycles. The lowest BCUT2D eigenvalue weighted by atomic mass is 10.1. The summed E-state index contributed by atoms with van der Waals surface area (Å²) in [6, 6.07) is 1.48. The second-order valence-electron chi connectivity index (χ2n) is 6.95. The molecule has 0 aliphatic rings. The van der Waals surface area contributed by atoms with E-state index in [9.17, 15) is 9.59 Å². The first kappa shape index (κ1) is 21.5. The molecule has 142 valence electrons. The highest BCUT2D eigenvalue weighted by Gasteiger charge is 1.97. The number of nitrogens with one attached hydrogen (secondary N) is 2. The summed E-state index contributed by atoms with van der Waals surface area (Å²) >= 11 is 0. The molecule has 25 heavy (non-hydrogen) atoms. The molecule has 1 heterocycles. The van der Waals surface area contributed by atoms with Gasteiger partial charge in [0.2, 0.25) is 0 Å². The molecule has 1 rings (SSSR count). The first-order valence-corrected chi connectivity index (χ1v) is 10.2. The van der Waals surface area contributed by atoms with Gasteiger partial charge in [0.1, 0.15) is 0 Å². The largest absolute Gasteiger partial charge is 0.325 e. The number of aromatic amines is 2. The average molecular weight is 349 g/mol. The molecule has 0 bridgehead atoms. The van der Waals surface area contributed by atoms with Crippen LogP contribution in [0.2, 0.25) is 0 Å². The standard InChI is InChI=1S/C21H36N2O2/c1-2-3-4-5-6-7-8-9-10-11-12-13-14-15-16-17-19-18-20(24)23-21(25)22-19/h9-10,18H,2-8,11-17H2,1H3,(H2,22,23,24,25)/b10-9+. The maximum absolute atomic E-state index is 11.2. The number of hydrogen-bond donors (Lipinski definition) is 2. The molecule has 4 nitrogen and oxygen atoms in total. The van der Waals surface area contributed by atoms with Gasteiger partial charge in [-0.3, -0.25) is 9.78 Å². The van der Waals surface area contributed by atoms with E-state index >= 15 is 0 Å². The first-order chi connectivity index (χ1) is 12.2. The van der Waals surface area contributed by atoms with Crippen molar-refractivity contribution < 1.29 is 0 Å². The Kier molecular flexibility index (Phi) is 12.7. The molecule has 0 aromatic carbocycles. The topological polar surface area (TPSA) is 65.7 Å². The van der Waals surface area contributed by atoms with Crippen molar-refractivity contribution >= 4 is 0 Å². The highest BCUT2D eigenvalue weighted by atomic mass is 16.2. The zero-order chi connectivity index (χ0) is 18.2. The van der Waals surface area contributed by atoms with Crippen LogP contribution in [-0.4, -0.2) is 9.97 Å². The molecule has 0 aliphatic heterocycles. The zero-order valence-electron chi connectivity index (χ0n) is 15.9. The molecule has 0 saturated carbocycles. The minimum Gasteiger partial charge on any atom is -0.311 e. The van der Waals surface area contributed by atoms with Crippen molar-refractivity contribution in [2.24, 2.45) is 0 Å². The van der Waals surface area contributed by atoms with Gasteiger partial charge in [-0.25, -0.2) is 4.79 Å². The Morgan fingerprint density at radius 1 is 0.760 bits per heavy atom. The highest BCUT2D eigenvalue weighted by Crippen LogP contribution is 2.10. The Bertz CT molecular complexity index is 543. The summed E-state index contributed by atoms with van der Waals surface area (Å²) in [6.07, 6.45) is 22.0. The molecule has 0 spiro atoms. The minimum absolute atomic E-state index is 0.313. The third-order valence-corrected chi connectivity index (χ3v) is 4.52. The van der Waals surface area contributed by atoms with Gasteiger partial charge < -0.3 is 4.98 Å². The number of aryl methyl sites for hydroxylation is 1. The van der Waals surface area contributed by atoms with Gasteiger partial charge in [-0.05, 0) is 38.5 Å². The SMILES string of the molecule is CCCCCCCC/C=C/CCCCCCCc1cc(=O)[nH]c(=O)[nH]1. The normalized spacial score (nSPS) is 11.4. The fourth-order valence-electron chi connectivity index (χ4n) is 3.04. The van der Waals surface area contributed by atoms with E-state index in [0.29, 0.717) is 0 Å². The number of allylic oxidation sites excluding steroid dienone is 2. The average Bonchev–Trinajstić information content (AvgIpc) is 2.57. The van der Waals surface area contributed by atoms with Crippen LogP contribution >= 0.6 is 0 Å². The Hall–Kier alpha value is -1.58. The second-order valence-corrected chi connectivity index (χ2v) is 6.95. The van der Waals surface area contributed by atoms with Crippen molar-refractivity contribution in [2.75, 3.05) is 0 Å². The molecule has 0 saturated heterocycles. The third kappa shape index (κ3) is 12.4. The smallest absolute Gasteiger partial charge is 0.311 e. The molecule has 0 radical (unpaired) electrons. The van der Waals surface area contributed by atoms with E-state index in [-0.39, 0.29) is 5.56 Å². The minimum atomic E-state index is -0.407. The molecule has 1 aromatic rings. The summed E-state index contributed by atoms with van der Waals surface area (Å²) in [7, 11) is 0. The summed E-state index contributed by atoms with van der Waals surface area (Å²) in [5, 5.41) is 0. The Morgan fingerprint density at radius 3 is 1.92 bits per heavy atom. The van der Waals surface area contributed by atoms with E-state index in [1.54, 1.807) is 0 Å². The number of unbranched alkanes of at least 4 members (excludes halogenated alkanes) is 11. The number of H-pyrrole nitrogens is 2. The van der Waals surface area contributed by atoms with Crippen LogP contribution in [0.5, 0.6) is 0 Å². The molecule has 4 heteroatoms. The van der Waals surface area contributed by atoms with E-state index in [1.807, 2.05) is 0 Å². The second kappa shape index (κ2) is 14.7. The number of aromatic nitrogens is 2. The summed E-state index contributed by atoms with van der Waals surface area (Å²) in [5.41, 5.74) is 0.0214. The van der Waals surface area contributed by atoms with E-state index in [2.05, 4.69) is 29.0 Å². The lowest BCUT2D eigenvalue weighted by Crippen LogP contribution is -2.22. The van der Waals surface area contributed by atoms with Crippen LogP contribution < -0.4 is 11.2 Å². The van der Waals surface area contributed by atoms with Crippen molar-refractivity contribution in [2.45, 2.75) is 96.8 Å². The van der Waals surface area contributed by atoms with Crippen LogP contribution in [0.25, 0.3) is 0 Å². The Morgan fingerprint density at radius 2 is 1.32 bits per heavy atom. The van der Waals surface area contributed by atoms with Crippen molar-refractivity contribution in [3.05, 3.63) is 44.8 Å². The Balaban J connectivity index is 1.89. The summed E-state index contributed by atoms with van der Waals surface area (Å²) in [5.74, 6) is 0. The molecule has 0 atom stereocenters. The summed E-state index contributed by atoms with van der Waals surface area (Å²) in [6.45, 7) is 2.26. The lowest BCUT2D eigenvalue weighted by Gasteiger charge is -2.01. The molecular weight excluding hydrogens is 312 g/mol. The number of hydrogen-bond acceptors (Lipinski definition) is 2. The predicted octanol–water partition coefficient (Wildman–Crippen LogP) is 5.25. The maximum Gasteiger partial charge on any atom is 0.325 e. The predicted molar refractivity (Wildman–Crippen MR) is 106 cm³/mol. The van der Waals surface area contributed by atoms with Crippen LogP contribution in [0.4, 0.5) is 0 Å². The van der Waals surface area contributed by atoms with E-state index in [4.69, 9.17) is 0 Å². The van der Waals surface area contributed by atoms with Gasteiger partial charge >= 0.3 is 5.69 Å². The van der Waals surface area contributed by atoms with Gasteiger partial charge in [0.05, 0.1) is 0 Å². The summed E-state index contributed by atoms with van der Waals surface area (Å²) in [4.78, 5) is 27.2. The molecule has 2 N–H and O–H groups in total. The van der Waals surface area contributed by atoms with E-state index in [0.717, 1.165) is 25.0 Å². The quantitative estimate of drug-likeness (QED) is 0.336. The molecule has 0 aliphatic carbocycles. The monoisotopic (exact) mass is 348 g/mol. The van der Waals surface area contributed by atoms with Crippen LogP contribution in [-0.2, 0) is 6.42 Å². The lowest BCUT2D eigenvalue weighted by molar-refractivity contribution is 0.607. The van der Waals surface area contributed by atoms with Crippen LogP contribution in [0.1, 0.15) is 96.1 Å². The van der Waals surface area contributed by atoms with Gasteiger partial charge in [0.15, 0.2) is 0 Å². The van der Waals surface area contributed by atoms with Gasteiger partial charge in [0.25, 0.3) is 5.56 Å². The summed E-state index contributed by atoms with van der Waals surface area (Å²) < 4.78 is 0. The third-order valence-electron chi connectivity index (χ3n) is 4.52. The van der Waals surface area contributed by atoms with E-state index < -0.39 is 5.69 Å². The zero-order valence-corrected chi connectivity index (χ0v) is 15.9. The van der Waals surface area contributed by atoms with Crippen LogP contribution in [0.15, 0.2) is 27.8 Å². The fourth-order valence-corrected chi connectivity index (χ4v) is 3.04. The van der Waals surface area contributed by atoms with Gasteiger partial charge in [-0.1, -0.05) is 70.4 Å². The van der Waals surface area contributed by atoms with Crippen LogP contribution in [0.3, 0.4) is 0 Å². The van der Waals surface area contributed by atoms with Gasteiger partial charge in [-0.2, -0.15) is 0 Å². The molecule has 0 unspecified atom stereocenters. The van der Waals surface area contributed by atoms with Crippen LogP contribution in [0, 0.1) is 0 Å². The van der Waals surface area contributed by atoms with Crippen molar-refractivity contribution in [3.63, 3.8) is 0 Å². The molecule has 0 amide bonds. The molecular formula is C21H36N2O2. The first-order valence-electron chi connectivity index (χ1n) is 10.2. The maximum atomic E-state index is 11.2. The van der Waals surface area contributed by atoms with Crippen molar-refractivity contribution in [1.82, 2.24) is 9.97 Å². The molecule has 0 fully saturated rings. The van der Waals surface area contributed by atoms with Crippen molar-refractivity contribution in [3.8, 4) is 0 Å². The van der Waals surface area contributed by atoms with Gasteiger partial charge in [-0.15, -0.1) is 0 Å². The highest BCUT2D eigenvalue weighted by molar-refractivity contribution is 4.98. The fraction of sp³-hybridized carbons (Fsp3) is 0.714. The Labute approximate surface area is 152 Å².